The van der Waals surface area contributed by atoms with E-state index in [2.05, 4.69) is 25.9 Å². The van der Waals surface area contributed by atoms with Gasteiger partial charge in [0.2, 0.25) is 17.7 Å². The Bertz CT molecular complexity index is 1200. The van der Waals surface area contributed by atoms with Gasteiger partial charge < -0.3 is 32.4 Å². The first kappa shape index (κ1) is 29.1. The summed E-state index contributed by atoms with van der Waals surface area (Å²) < 4.78 is 0. The minimum absolute atomic E-state index is 0.119. The minimum atomic E-state index is -1.01. The molecule has 11 heteroatoms. The lowest BCUT2D eigenvalue weighted by atomic mass is 10.0. The summed E-state index contributed by atoms with van der Waals surface area (Å²) in [6, 6.07) is 14.9. The number of imidazole rings is 1. The number of nitrogens with one attached hydrogen (secondary N) is 4. The fraction of sp³-hybridized carbons (Fsp3) is 0.321. The van der Waals surface area contributed by atoms with Gasteiger partial charge in [0.05, 0.1) is 6.33 Å². The third-order valence-electron chi connectivity index (χ3n) is 6.16. The molecule has 1 aromatic heterocycles. The summed E-state index contributed by atoms with van der Waals surface area (Å²) in [5.74, 6) is -2.22. The van der Waals surface area contributed by atoms with Gasteiger partial charge in [-0.25, -0.2) is 4.98 Å². The van der Waals surface area contributed by atoms with Crippen LogP contribution in [0.3, 0.4) is 0 Å². The lowest BCUT2D eigenvalue weighted by Crippen LogP contribution is -2.57. The predicted molar refractivity (Wildman–Crippen MR) is 146 cm³/mol. The molecule has 3 rings (SSSR count). The molecule has 206 valence electrons. The normalized spacial score (nSPS) is 13.1. The number of hydrogen-bond donors (Lipinski definition) is 6. The van der Waals surface area contributed by atoms with Gasteiger partial charge in [-0.3, -0.25) is 19.2 Å². The van der Waals surface area contributed by atoms with Crippen molar-refractivity contribution in [3.05, 3.63) is 90.0 Å². The number of nitrogens with zero attached hydrogens (tertiary/aromatic N) is 1. The molecule has 0 saturated heterocycles. The Hall–Kier alpha value is -4.51. The number of aromatic nitrogens is 2. The van der Waals surface area contributed by atoms with Crippen molar-refractivity contribution >= 4 is 23.6 Å². The zero-order valence-corrected chi connectivity index (χ0v) is 21.6. The SMILES string of the molecule is NCCCC[C@H](NC(=O)[C@H](Cc1ccccc1)NC(=O)c1ccccc1)C(=O)N[C@@H](Cc1cnc[nH]1)C(N)=O. The van der Waals surface area contributed by atoms with E-state index in [-0.39, 0.29) is 19.3 Å². The molecule has 1 heterocycles. The number of aromatic amines is 1. The molecule has 11 nitrogen and oxygen atoms in total. The fourth-order valence-corrected chi connectivity index (χ4v) is 4.04. The van der Waals surface area contributed by atoms with Gasteiger partial charge in [-0.2, -0.15) is 0 Å². The molecule has 4 amide bonds. The number of carbonyl (C=O) groups excluding carboxylic acids is 4. The van der Waals surface area contributed by atoms with Crippen LogP contribution in [0, 0.1) is 0 Å². The summed E-state index contributed by atoms with van der Waals surface area (Å²) in [6.45, 7) is 0.426. The van der Waals surface area contributed by atoms with Crippen LogP contribution in [0.25, 0.3) is 0 Å². The van der Waals surface area contributed by atoms with Crippen molar-refractivity contribution in [3.8, 4) is 0 Å². The zero-order chi connectivity index (χ0) is 28.0. The monoisotopic (exact) mass is 533 g/mol. The summed E-state index contributed by atoms with van der Waals surface area (Å²) in [5, 5.41) is 8.22. The third-order valence-corrected chi connectivity index (χ3v) is 6.16. The molecule has 0 aliphatic rings. The standard InChI is InChI=1S/C28H35N7O4/c29-14-8-7-13-22(27(38)34-23(25(30)36)16-21-17-31-18-32-21)33-28(39)24(15-19-9-3-1-4-10-19)35-26(37)20-11-5-2-6-12-20/h1-6,9-12,17-18,22-24H,7-8,13-16,29H2,(H2,30,36)(H,31,32)(H,33,39)(H,34,38)(H,35,37)/t22-,23-,24-/m0/s1. The second kappa shape index (κ2) is 15.0. The zero-order valence-electron chi connectivity index (χ0n) is 21.6. The molecule has 39 heavy (non-hydrogen) atoms. The average molecular weight is 534 g/mol. The van der Waals surface area contributed by atoms with E-state index in [4.69, 9.17) is 11.5 Å². The van der Waals surface area contributed by atoms with Crippen molar-refractivity contribution in [2.75, 3.05) is 6.54 Å². The highest BCUT2D eigenvalue weighted by Crippen LogP contribution is 2.09. The van der Waals surface area contributed by atoms with Gasteiger partial charge in [0.1, 0.15) is 18.1 Å². The minimum Gasteiger partial charge on any atom is -0.368 e. The first-order valence-electron chi connectivity index (χ1n) is 12.8. The molecule has 0 spiro atoms. The summed E-state index contributed by atoms with van der Waals surface area (Å²) in [6.07, 6.45) is 4.82. The van der Waals surface area contributed by atoms with Crippen molar-refractivity contribution in [2.45, 2.75) is 50.2 Å². The number of hydrogen-bond acceptors (Lipinski definition) is 6. The molecule has 0 bridgehead atoms. The molecule has 0 radical (unpaired) electrons. The molecule has 0 unspecified atom stereocenters. The van der Waals surface area contributed by atoms with Gasteiger partial charge in [0.15, 0.2) is 0 Å². The molecule has 0 saturated carbocycles. The number of nitrogens with two attached hydrogens (primary N) is 2. The van der Waals surface area contributed by atoms with Crippen LogP contribution in [0.5, 0.6) is 0 Å². The highest BCUT2D eigenvalue weighted by Gasteiger charge is 2.29. The molecule has 0 aliphatic carbocycles. The van der Waals surface area contributed by atoms with Crippen LogP contribution in [-0.4, -0.2) is 58.3 Å². The highest BCUT2D eigenvalue weighted by atomic mass is 16.2. The third kappa shape index (κ3) is 9.38. The average Bonchev–Trinajstić information content (AvgIpc) is 3.46. The van der Waals surface area contributed by atoms with Gasteiger partial charge in [-0.15, -0.1) is 0 Å². The van der Waals surface area contributed by atoms with Gasteiger partial charge in [-0.05, 0) is 43.5 Å². The number of benzene rings is 2. The van der Waals surface area contributed by atoms with Crippen molar-refractivity contribution in [3.63, 3.8) is 0 Å². The molecular formula is C28H35N7O4. The largest absolute Gasteiger partial charge is 0.368 e. The summed E-state index contributed by atoms with van der Waals surface area (Å²) >= 11 is 0. The Morgan fingerprint density at radius 3 is 2.05 bits per heavy atom. The maximum Gasteiger partial charge on any atom is 0.251 e. The van der Waals surface area contributed by atoms with Crippen molar-refractivity contribution in [1.82, 2.24) is 25.9 Å². The topological polar surface area (TPSA) is 185 Å². The predicted octanol–water partition coefficient (Wildman–Crippen LogP) is 0.577. The number of unbranched alkanes of at least 4 members (excludes halogenated alkanes) is 1. The quantitative estimate of drug-likeness (QED) is 0.155. The van der Waals surface area contributed by atoms with Gasteiger partial charge >= 0.3 is 0 Å². The smallest absolute Gasteiger partial charge is 0.251 e. The molecule has 8 N–H and O–H groups in total. The van der Waals surface area contributed by atoms with Crippen LogP contribution in [0.15, 0.2) is 73.2 Å². The van der Waals surface area contributed by atoms with Crippen LogP contribution in [-0.2, 0) is 27.2 Å². The van der Waals surface area contributed by atoms with Crippen molar-refractivity contribution in [1.29, 1.82) is 0 Å². The number of rotatable bonds is 15. The molecule has 2 aromatic carbocycles. The number of amides is 4. The lowest BCUT2D eigenvalue weighted by molar-refractivity contribution is -0.132. The Balaban J connectivity index is 1.77. The highest BCUT2D eigenvalue weighted by molar-refractivity contribution is 5.98. The van der Waals surface area contributed by atoms with Crippen LogP contribution >= 0.6 is 0 Å². The Morgan fingerprint density at radius 1 is 0.795 bits per heavy atom. The first-order chi connectivity index (χ1) is 18.9. The Labute approximate surface area is 227 Å². The molecule has 0 fully saturated rings. The first-order valence-corrected chi connectivity index (χ1v) is 12.8. The maximum atomic E-state index is 13.5. The Kier molecular flexibility index (Phi) is 11.2. The number of primary amides is 1. The number of carbonyl (C=O) groups is 4. The van der Waals surface area contributed by atoms with E-state index in [1.807, 2.05) is 30.3 Å². The fourth-order valence-electron chi connectivity index (χ4n) is 4.04. The van der Waals surface area contributed by atoms with E-state index >= 15 is 0 Å². The van der Waals surface area contributed by atoms with E-state index in [1.165, 1.54) is 12.5 Å². The second-order valence-electron chi connectivity index (χ2n) is 9.17. The van der Waals surface area contributed by atoms with Crippen LogP contribution in [0.4, 0.5) is 0 Å². The molecule has 0 aliphatic heterocycles. The second-order valence-corrected chi connectivity index (χ2v) is 9.17. The lowest BCUT2D eigenvalue weighted by Gasteiger charge is -2.25. The number of H-pyrrole nitrogens is 1. The van der Waals surface area contributed by atoms with E-state index in [1.54, 1.807) is 30.3 Å². The van der Waals surface area contributed by atoms with Crippen LogP contribution in [0.1, 0.15) is 40.9 Å². The van der Waals surface area contributed by atoms with E-state index < -0.39 is 41.8 Å². The van der Waals surface area contributed by atoms with Gasteiger partial charge in [-0.1, -0.05) is 48.5 Å². The summed E-state index contributed by atoms with van der Waals surface area (Å²) in [7, 11) is 0. The summed E-state index contributed by atoms with van der Waals surface area (Å²) in [5.41, 5.74) is 13.0. The van der Waals surface area contributed by atoms with Crippen LogP contribution in [0.2, 0.25) is 0 Å². The van der Waals surface area contributed by atoms with E-state index in [0.29, 0.717) is 30.6 Å². The summed E-state index contributed by atoms with van der Waals surface area (Å²) in [4.78, 5) is 58.5. The van der Waals surface area contributed by atoms with E-state index in [9.17, 15) is 19.2 Å². The van der Waals surface area contributed by atoms with Crippen molar-refractivity contribution in [2.24, 2.45) is 11.5 Å². The van der Waals surface area contributed by atoms with Gasteiger partial charge in [0.25, 0.3) is 5.91 Å². The van der Waals surface area contributed by atoms with Crippen LogP contribution < -0.4 is 27.4 Å². The molecule has 3 aromatic rings. The van der Waals surface area contributed by atoms with Crippen molar-refractivity contribution < 1.29 is 19.2 Å². The van der Waals surface area contributed by atoms with Gasteiger partial charge in [0, 0.05) is 30.3 Å². The van der Waals surface area contributed by atoms with E-state index in [0.717, 1.165) is 5.56 Å². The Morgan fingerprint density at radius 2 is 1.44 bits per heavy atom. The molecular weight excluding hydrogens is 498 g/mol. The molecule has 3 atom stereocenters. The maximum absolute atomic E-state index is 13.5.